The predicted octanol–water partition coefficient (Wildman–Crippen LogP) is 5.71. The van der Waals surface area contributed by atoms with Gasteiger partial charge in [0.2, 0.25) is 5.91 Å². The van der Waals surface area contributed by atoms with Crippen LogP contribution >= 0.6 is 35.0 Å². The lowest BCUT2D eigenvalue weighted by Crippen LogP contribution is -2.41. The molecule has 0 aliphatic rings. The maximum absolute atomic E-state index is 13.5. The average Bonchev–Trinajstić information content (AvgIpc) is 2.78. The van der Waals surface area contributed by atoms with Gasteiger partial charge in [-0.2, -0.15) is 0 Å². The Morgan fingerprint density at radius 3 is 2.24 bits per heavy atom. The Morgan fingerprint density at radius 2 is 1.58 bits per heavy atom. The van der Waals surface area contributed by atoms with Gasteiger partial charge in [0.05, 0.1) is 10.6 Å². The summed E-state index contributed by atoms with van der Waals surface area (Å²) in [7, 11) is -3.99. The summed E-state index contributed by atoms with van der Waals surface area (Å²) in [5.74, 6) is 0.232. The van der Waals surface area contributed by atoms with Gasteiger partial charge in [-0.15, -0.1) is 11.8 Å². The summed E-state index contributed by atoms with van der Waals surface area (Å²) in [6, 6.07) is 18.9. The third-order valence-electron chi connectivity index (χ3n) is 4.84. The van der Waals surface area contributed by atoms with E-state index in [1.165, 1.54) is 12.1 Å². The van der Waals surface area contributed by atoms with E-state index in [1.807, 2.05) is 31.2 Å². The number of thioether (sulfide) groups is 1. The molecule has 0 saturated heterocycles. The second-order valence-electron chi connectivity index (χ2n) is 7.41. The van der Waals surface area contributed by atoms with E-state index < -0.39 is 15.9 Å². The smallest absolute Gasteiger partial charge is 0.264 e. The van der Waals surface area contributed by atoms with Crippen molar-refractivity contribution in [3.8, 4) is 0 Å². The van der Waals surface area contributed by atoms with Crippen LogP contribution in [0.2, 0.25) is 10.0 Å². The Hall–Kier alpha value is -2.19. The van der Waals surface area contributed by atoms with E-state index in [0.29, 0.717) is 33.6 Å². The van der Waals surface area contributed by atoms with Crippen molar-refractivity contribution in [3.05, 3.63) is 87.9 Å². The van der Waals surface area contributed by atoms with Gasteiger partial charge in [-0.05, 0) is 67.9 Å². The molecule has 0 aliphatic carbocycles. The second-order valence-corrected chi connectivity index (χ2v) is 11.3. The molecule has 0 radical (unpaired) electrons. The molecule has 0 atom stereocenters. The van der Waals surface area contributed by atoms with Crippen LogP contribution in [-0.4, -0.2) is 33.2 Å². The highest BCUT2D eigenvalue weighted by atomic mass is 35.5. The zero-order valence-electron chi connectivity index (χ0n) is 18.2. The number of amides is 1. The molecule has 0 unspecified atom stereocenters. The molecular weight excluding hydrogens is 499 g/mol. The van der Waals surface area contributed by atoms with E-state index in [0.717, 1.165) is 14.8 Å². The average molecular weight is 524 g/mol. The standard InChI is InChI=1S/C24H24Cl2N2O3S2/c1-17-3-11-22(12-4-17)33(30,31)28(23-15-20(26)6-5-18(23)2)16-24(29)27-13-14-32-21-9-7-19(25)8-10-21/h3-12,15H,13-14,16H2,1-2H3,(H,27,29). The molecule has 0 bridgehead atoms. The molecule has 0 aliphatic heterocycles. The third-order valence-corrected chi connectivity index (χ3v) is 8.12. The summed E-state index contributed by atoms with van der Waals surface area (Å²) < 4.78 is 28.1. The molecule has 0 saturated carbocycles. The quantitative estimate of drug-likeness (QED) is 0.288. The summed E-state index contributed by atoms with van der Waals surface area (Å²) in [5, 5.41) is 3.86. The van der Waals surface area contributed by atoms with Gasteiger partial charge in [0.25, 0.3) is 10.0 Å². The summed E-state index contributed by atoms with van der Waals surface area (Å²) in [5.41, 5.74) is 2.00. The number of aryl methyl sites for hydroxylation is 2. The zero-order chi connectivity index (χ0) is 24.0. The maximum atomic E-state index is 13.5. The van der Waals surface area contributed by atoms with E-state index in [2.05, 4.69) is 5.32 Å². The Bertz CT molecular complexity index is 1220. The van der Waals surface area contributed by atoms with Gasteiger partial charge in [-0.25, -0.2) is 8.42 Å². The molecule has 3 aromatic carbocycles. The van der Waals surface area contributed by atoms with E-state index in [9.17, 15) is 13.2 Å². The van der Waals surface area contributed by atoms with Crippen LogP contribution in [0, 0.1) is 13.8 Å². The zero-order valence-corrected chi connectivity index (χ0v) is 21.4. The molecule has 5 nitrogen and oxygen atoms in total. The fourth-order valence-electron chi connectivity index (χ4n) is 3.06. The van der Waals surface area contributed by atoms with Gasteiger partial charge < -0.3 is 5.32 Å². The van der Waals surface area contributed by atoms with Gasteiger partial charge in [-0.1, -0.05) is 47.0 Å². The van der Waals surface area contributed by atoms with Gasteiger partial charge >= 0.3 is 0 Å². The second kappa shape index (κ2) is 11.3. The number of anilines is 1. The first kappa shape index (κ1) is 25.4. The van der Waals surface area contributed by atoms with E-state index >= 15 is 0 Å². The third kappa shape index (κ3) is 6.90. The van der Waals surface area contributed by atoms with E-state index in [-0.39, 0.29) is 11.4 Å². The van der Waals surface area contributed by atoms with Crippen molar-refractivity contribution in [2.75, 3.05) is 23.1 Å². The molecule has 1 N–H and O–H groups in total. The first-order valence-electron chi connectivity index (χ1n) is 10.2. The molecule has 9 heteroatoms. The largest absolute Gasteiger partial charge is 0.354 e. The molecule has 33 heavy (non-hydrogen) atoms. The molecule has 0 aromatic heterocycles. The number of rotatable bonds is 9. The number of nitrogens with zero attached hydrogens (tertiary/aromatic N) is 1. The minimum absolute atomic E-state index is 0.110. The highest BCUT2D eigenvalue weighted by molar-refractivity contribution is 7.99. The lowest BCUT2D eigenvalue weighted by Gasteiger charge is -2.26. The molecule has 0 spiro atoms. The van der Waals surface area contributed by atoms with Crippen molar-refractivity contribution in [3.63, 3.8) is 0 Å². The van der Waals surface area contributed by atoms with Crippen molar-refractivity contribution in [1.82, 2.24) is 5.32 Å². The Kier molecular flexibility index (Phi) is 8.70. The minimum atomic E-state index is -3.99. The van der Waals surface area contributed by atoms with Crippen molar-refractivity contribution >= 4 is 56.6 Å². The Labute approximate surface area is 209 Å². The molecular formula is C24H24Cl2N2O3S2. The van der Waals surface area contributed by atoms with Crippen LogP contribution in [0.25, 0.3) is 0 Å². The summed E-state index contributed by atoms with van der Waals surface area (Å²) >= 11 is 13.6. The number of halogens is 2. The molecule has 174 valence electrons. The maximum Gasteiger partial charge on any atom is 0.264 e. The fourth-order valence-corrected chi connectivity index (χ4v) is 5.60. The highest BCUT2D eigenvalue weighted by Gasteiger charge is 2.28. The predicted molar refractivity (Wildman–Crippen MR) is 137 cm³/mol. The Morgan fingerprint density at radius 1 is 0.939 bits per heavy atom. The number of hydrogen-bond acceptors (Lipinski definition) is 4. The number of sulfonamides is 1. The number of carbonyl (C=O) groups is 1. The minimum Gasteiger partial charge on any atom is -0.354 e. The van der Waals surface area contributed by atoms with Crippen LogP contribution in [-0.2, 0) is 14.8 Å². The van der Waals surface area contributed by atoms with Crippen LogP contribution in [0.15, 0.2) is 76.5 Å². The van der Waals surface area contributed by atoms with Crippen LogP contribution in [0.3, 0.4) is 0 Å². The summed E-state index contributed by atoms with van der Waals surface area (Å²) in [6.07, 6.45) is 0. The van der Waals surface area contributed by atoms with Gasteiger partial charge in [0.15, 0.2) is 0 Å². The van der Waals surface area contributed by atoms with E-state index in [1.54, 1.807) is 49.0 Å². The van der Waals surface area contributed by atoms with Crippen molar-refractivity contribution in [1.29, 1.82) is 0 Å². The number of carbonyl (C=O) groups excluding carboxylic acids is 1. The molecule has 0 fully saturated rings. The number of nitrogens with one attached hydrogen (secondary N) is 1. The topological polar surface area (TPSA) is 66.5 Å². The van der Waals surface area contributed by atoms with Crippen LogP contribution in [0.1, 0.15) is 11.1 Å². The lowest BCUT2D eigenvalue weighted by molar-refractivity contribution is -0.119. The fraction of sp³-hybridized carbons (Fsp3) is 0.208. The molecule has 3 rings (SSSR count). The van der Waals surface area contributed by atoms with E-state index in [4.69, 9.17) is 23.2 Å². The first-order valence-corrected chi connectivity index (χ1v) is 13.4. The summed E-state index contributed by atoms with van der Waals surface area (Å²) in [6.45, 7) is 3.69. The number of benzene rings is 3. The van der Waals surface area contributed by atoms with Gasteiger partial charge in [0, 0.05) is 27.2 Å². The molecule has 3 aromatic rings. The first-order chi connectivity index (χ1) is 15.7. The summed E-state index contributed by atoms with van der Waals surface area (Å²) in [4.78, 5) is 13.9. The monoisotopic (exact) mass is 522 g/mol. The van der Waals surface area contributed by atoms with Gasteiger partial charge in [0.1, 0.15) is 6.54 Å². The molecule has 1 amide bonds. The van der Waals surface area contributed by atoms with Crippen molar-refractivity contribution in [2.24, 2.45) is 0 Å². The van der Waals surface area contributed by atoms with Crippen molar-refractivity contribution in [2.45, 2.75) is 23.6 Å². The lowest BCUT2D eigenvalue weighted by atomic mass is 10.2. The van der Waals surface area contributed by atoms with Crippen LogP contribution in [0.4, 0.5) is 5.69 Å². The van der Waals surface area contributed by atoms with Crippen LogP contribution < -0.4 is 9.62 Å². The highest BCUT2D eigenvalue weighted by Crippen LogP contribution is 2.29. The van der Waals surface area contributed by atoms with Gasteiger partial charge in [-0.3, -0.25) is 9.10 Å². The SMILES string of the molecule is Cc1ccc(S(=O)(=O)N(CC(=O)NCCSc2ccc(Cl)cc2)c2cc(Cl)ccc2C)cc1. The number of hydrogen-bond donors (Lipinski definition) is 1. The molecule has 0 heterocycles. The van der Waals surface area contributed by atoms with Crippen molar-refractivity contribution < 1.29 is 13.2 Å². The Balaban J connectivity index is 1.75. The normalized spacial score (nSPS) is 11.3. The van der Waals surface area contributed by atoms with Crippen LogP contribution in [0.5, 0.6) is 0 Å².